The van der Waals surface area contributed by atoms with Gasteiger partial charge in [-0.3, -0.25) is 4.79 Å². The second-order valence-corrected chi connectivity index (χ2v) is 8.92. The van der Waals surface area contributed by atoms with Crippen LogP contribution in [0.5, 0.6) is 0 Å². The molecule has 27 heavy (non-hydrogen) atoms. The monoisotopic (exact) mass is 390 g/mol. The number of piperidine rings is 1. The molecule has 2 aromatic rings. The predicted octanol–water partition coefficient (Wildman–Crippen LogP) is 3.02. The molecule has 1 saturated heterocycles. The van der Waals surface area contributed by atoms with Gasteiger partial charge in [-0.2, -0.15) is 0 Å². The van der Waals surface area contributed by atoms with E-state index in [4.69, 9.17) is 0 Å². The first-order valence-corrected chi connectivity index (χ1v) is 10.7. The molecule has 1 N–H and O–H groups in total. The van der Waals surface area contributed by atoms with Crippen LogP contribution in [0.4, 0.5) is 10.1 Å². The van der Waals surface area contributed by atoms with Gasteiger partial charge in [-0.25, -0.2) is 12.8 Å². The Kier molecular flexibility index (Phi) is 5.79. The van der Waals surface area contributed by atoms with Crippen molar-refractivity contribution in [3.05, 3.63) is 59.9 Å². The van der Waals surface area contributed by atoms with E-state index in [1.807, 2.05) is 12.1 Å². The molecule has 1 heterocycles. The molecular weight excluding hydrogens is 367 g/mol. The summed E-state index contributed by atoms with van der Waals surface area (Å²) in [5, 5.41) is 3.00. The SMILES string of the molecule is CCS(=O)(=O)c1ccc(N2CCC(NC(=O)c3ccc(F)cc3)CC2)cc1. The number of carbonyl (C=O) groups excluding carboxylic acids is 1. The van der Waals surface area contributed by atoms with Crippen LogP contribution in [0.3, 0.4) is 0 Å². The van der Waals surface area contributed by atoms with Crippen LogP contribution in [-0.2, 0) is 9.84 Å². The number of hydrogen-bond donors (Lipinski definition) is 1. The van der Waals surface area contributed by atoms with Crippen molar-refractivity contribution in [1.29, 1.82) is 0 Å². The Morgan fingerprint density at radius 3 is 2.22 bits per heavy atom. The fraction of sp³-hybridized carbons (Fsp3) is 0.350. The van der Waals surface area contributed by atoms with E-state index in [-0.39, 0.29) is 23.5 Å². The number of carbonyl (C=O) groups is 1. The third kappa shape index (κ3) is 4.66. The van der Waals surface area contributed by atoms with E-state index in [0.29, 0.717) is 10.5 Å². The topological polar surface area (TPSA) is 66.5 Å². The number of nitrogens with one attached hydrogen (secondary N) is 1. The normalized spacial score (nSPS) is 15.6. The number of benzene rings is 2. The summed E-state index contributed by atoms with van der Waals surface area (Å²) in [6.45, 7) is 3.18. The Labute approximate surface area is 159 Å². The van der Waals surface area contributed by atoms with Crippen LogP contribution >= 0.6 is 0 Å². The quantitative estimate of drug-likeness (QED) is 0.852. The third-order valence-electron chi connectivity index (χ3n) is 4.88. The van der Waals surface area contributed by atoms with Crippen LogP contribution in [0, 0.1) is 5.82 Å². The lowest BCUT2D eigenvalue weighted by atomic mass is 10.0. The third-order valence-corrected chi connectivity index (χ3v) is 6.63. The lowest BCUT2D eigenvalue weighted by Gasteiger charge is -2.34. The average molecular weight is 390 g/mol. The molecular formula is C20H23FN2O3S. The van der Waals surface area contributed by atoms with Crippen molar-refractivity contribution in [2.45, 2.75) is 30.7 Å². The first-order chi connectivity index (χ1) is 12.9. The van der Waals surface area contributed by atoms with Crippen molar-refractivity contribution in [2.24, 2.45) is 0 Å². The van der Waals surface area contributed by atoms with Crippen molar-refractivity contribution < 1.29 is 17.6 Å². The van der Waals surface area contributed by atoms with E-state index in [9.17, 15) is 17.6 Å². The second kappa shape index (κ2) is 8.08. The molecule has 3 rings (SSSR count). The molecule has 0 saturated carbocycles. The molecule has 144 valence electrons. The van der Waals surface area contributed by atoms with Crippen LogP contribution < -0.4 is 10.2 Å². The Morgan fingerprint density at radius 2 is 1.67 bits per heavy atom. The number of amides is 1. The maximum Gasteiger partial charge on any atom is 0.251 e. The van der Waals surface area contributed by atoms with Gasteiger partial charge >= 0.3 is 0 Å². The summed E-state index contributed by atoms with van der Waals surface area (Å²) >= 11 is 0. The summed E-state index contributed by atoms with van der Waals surface area (Å²) in [5.74, 6) is -0.467. The number of nitrogens with zero attached hydrogens (tertiary/aromatic N) is 1. The van der Waals surface area contributed by atoms with Crippen LogP contribution in [0.1, 0.15) is 30.1 Å². The number of anilines is 1. The maximum absolute atomic E-state index is 13.0. The standard InChI is InChI=1S/C20H23FN2O3S/c1-2-27(25,26)19-9-7-18(8-10-19)23-13-11-17(12-14-23)22-20(24)15-3-5-16(21)6-4-15/h3-10,17H,2,11-14H2,1H3,(H,22,24). The minimum Gasteiger partial charge on any atom is -0.371 e. The molecule has 0 aliphatic carbocycles. The van der Waals surface area contributed by atoms with Crippen LogP contribution in [0.25, 0.3) is 0 Å². The van der Waals surface area contributed by atoms with Crippen molar-refractivity contribution in [1.82, 2.24) is 5.32 Å². The lowest BCUT2D eigenvalue weighted by molar-refractivity contribution is 0.0931. The summed E-state index contributed by atoms with van der Waals surface area (Å²) in [4.78, 5) is 14.8. The fourth-order valence-corrected chi connectivity index (χ4v) is 4.07. The van der Waals surface area contributed by atoms with Crippen molar-refractivity contribution >= 4 is 21.4 Å². The van der Waals surface area contributed by atoms with Gasteiger partial charge in [0.1, 0.15) is 5.82 Å². The van der Waals surface area contributed by atoms with Crippen LogP contribution in [0.15, 0.2) is 53.4 Å². The summed E-state index contributed by atoms with van der Waals surface area (Å²) in [5.41, 5.74) is 1.43. The van der Waals surface area contributed by atoms with Crippen LogP contribution in [-0.4, -0.2) is 39.2 Å². The Balaban J connectivity index is 1.55. The van der Waals surface area contributed by atoms with Gasteiger partial charge in [0.15, 0.2) is 9.84 Å². The number of hydrogen-bond acceptors (Lipinski definition) is 4. The van der Waals surface area contributed by atoms with Gasteiger partial charge in [-0.05, 0) is 61.4 Å². The summed E-state index contributed by atoms with van der Waals surface area (Å²) in [7, 11) is -3.19. The molecule has 0 atom stereocenters. The number of halogens is 1. The molecule has 0 bridgehead atoms. The first-order valence-electron chi connectivity index (χ1n) is 9.03. The van der Waals surface area contributed by atoms with Crippen molar-refractivity contribution in [2.75, 3.05) is 23.7 Å². The fourth-order valence-electron chi connectivity index (χ4n) is 3.18. The van der Waals surface area contributed by atoms with Gasteiger partial charge in [0, 0.05) is 30.4 Å². The molecule has 0 radical (unpaired) electrons. The van der Waals surface area contributed by atoms with Gasteiger partial charge in [-0.1, -0.05) is 6.92 Å². The molecule has 1 aliphatic heterocycles. The van der Waals surface area contributed by atoms with E-state index in [1.54, 1.807) is 19.1 Å². The second-order valence-electron chi connectivity index (χ2n) is 6.64. The smallest absolute Gasteiger partial charge is 0.251 e. The van der Waals surface area contributed by atoms with Crippen molar-refractivity contribution in [3.8, 4) is 0 Å². The van der Waals surface area contributed by atoms with Gasteiger partial charge in [0.05, 0.1) is 10.6 Å². The molecule has 7 heteroatoms. The minimum atomic E-state index is -3.19. The van der Waals surface area contributed by atoms with E-state index in [0.717, 1.165) is 31.6 Å². The van der Waals surface area contributed by atoms with Gasteiger partial charge in [0.25, 0.3) is 5.91 Å². The molecule has 1 amide bonds. The highest BCUT2D eigenvalue weighted by Crippen LogP contribution is 2.22. The molecule has 2 aromatic carbocycles. The highest BCUT2D eigenvalue weighted by Gasteiger charge is 2.22. The average Bonchev–Trinajstić information content (AvgIpc) is 2.69. The molecule has 0 unspecified atom stereocenters. The number of sulfone groups is 1. The highest BCUT2D eigenvalue weighted by atomic mass is 32.2. The highest BCUT2D eigenvalue weighted by molar-refractivity contribution is 7.91. The first kappa shape index (κ1) is 19.4. The Bertz CT molecular complexity index is 888. The summed E-state index contributed by atoms with van der Waals surface area (Å²) in [6.07, 6.45) is 1.59. The molecule has 5 nitrogen and oxygen atoms in total. The summed E-state index contributed by atoms with van der Waals surface area (Å²) < 4.78 is 36.7. The lowest BCUT2D eigenvalue weighted by Crippen LogP contribution is -2.44. The van der Waals surface area contributed by atoms with Gasteiger partial charge in [-0.15, -0.1) is 0 Å². The van der Waals surface area contributed by atoms with Crippen molar-refractivity contribution in [3.63, 3.8) is 0 Å². The molecule has 1 aliphatic rings. The Morgan fingerprint density at radius 1 is 1.07 bits per heavy atom. The molecule has 0 aromatic heterocycles. The predicted molar refractivity (Wildman–Crippen MR) is 103 cm³/mol. The zero-order chi connectivity index (χ0) is 19.4. The van der Waals surface area contributed by atoms with E-state index in [1.165, 1.54) is 24.3 Å². The molecule has 1 fully saturated rings. The van der Waals surface area contributed by atoms with Gasteiger partial charge in [0.2, 0.25) is 0 Å². The zero-order valence-electron chi connectivity index (χ0n) is 15.2. The van der Waals surface area contributed by atoms with E-state index >= 15 is 0 Å². The molecule has 0 spiro atoms. The summed E-state index contributed by atoms with van der Waals surface area (Å²) in [6, 6.07) is 12.5. The van der Waals surface area contributed by atoms with Crippen LogP contribution in [0.2, 0.25) is 0 Å². The zero-order valence-corrected chi connectivity index (χ0v) is 16.0. The Hall–Kier alpha value is -2.41. The number of rotatable bonds is 5. The minimum absolute atomic E-state index is 0.0681. The van der Waals surface area contributed by atoms with E-state index < -0.39 is 9.84 Å². The largest absolute Gasteiger partial charge is 0.371 e. The maximum atomic E-state index is 13.0. The van der Waals surface area contributed by atoms with E-state index in [2.05, 4.69) is 10.2 Å². The van der Waals surface area contributed by atoms with Gasteiger partial charge < -0.3 is 10.2 Å².